The minimum absolute atomic E-state index is 0.0776. The number of nitrogens with one attached hydrogen (secondary N) is 1. The lowest BCUT2D eigenvalue weighted by Crippen LogP contribution is -2.43. The highest BCUT2D eigenvalue weighted by molar-refractivity contribution is 5.47. The first-order valence-corrected chi connectivity index (χ1v) is 10.4. The molecule has 0 radical (unpaired) electrons. The highest BCUT2D eigenvalue weighted by Crippen LogP contribution is 2.56. The van der Waals surface area contributed by atoms with E-state index in [0.717, 1.165) is 43.7 Å². The predicted molar refractivity (Wildman–Crippen MR) is 110 cm³/mol. The van der Waals surface area contributed by atoms with Gasteiger partial charge in [0.1, 0.15) is 5.82 Å². The molecule has 1 saturated carbocycles. The maximum Gasteiger partial charge on any atom is 0.254 e. The van der Waals surface area contributed by atoms with Crippen LogP contribution in [-0.4, -0.2) is 48.4 Å². The van der Waals surface area contributed by atoms with Crippen LogP contribution in [0.1, 0.15) is 19.4 Å². The van der Waals surface area contributed by atoms with Crippen LogP contribution in [0.4, 0.5) is 11.8 Å². The number of aromatic nitrogens is 2. The zero-order valence-electron chi connectivity index (χ0n) is 16.5. The molecule has 5 atom stereocenters. The summed E-state index contributed by atoms with van der Waals surface area (Å²) in [6.07, 6.45) is 1.15. The SMILES string of the molecule is C[C@@H]1C2CN(c3nc(N4CCO[C@H](C)C4)cc(=O)[nH]3)[C@H](Cc3ccccc3)C21. The van der Waals surface area contributed by atoms with Crippen LogP contribution in [0.15, 0.2) is 41.2 Å². The molecule has 3 heterocycles. The average molecular weight is 380 g/mol. The highest BCUT2D eigenvalue weighted by atomic mass is 16.5. The summed E-state index contributed by atoms with van der Waals surface area (Å²) in [5, 5.41) is 0. The number of hydrogen-bond acceptors (Lipinski definition) is 5. The number of hydrogen-bond donors (Lipinski definition) is 1. The number of benzene rings is 1. The van der Waals surface area contributed by atoms with Gasteiger partial charge in [0.05, 0.1) is 12.7 Å². The van der Waals surface area contributed by atoms with Crippen molar-refractivity contribution in [2.75, 3.05) is 36.0 Å². The van der Waals surface area contributed by atoms with Crippen molar-refractivity contribution in [1.29, 1.82) is 0 Å². The van der Waals surface area contributed by atoms with E-state index in [9.17, 15) is 4.79 Å². The van der Waals surface area contributed by atoms with Gasteiger partial charge in [-0.1, -0.05) is 37.3 Å². The number of rotatable bonds is 4. The zero-order chi connectivity index (χ0) is 19.3. The lowest BCUT2D eigenvalue weighted by atomic mass is 10.0. The maximum atomic E-state index is 12.4. The van der Waals surface area contributed by atoms with Gasteiger partial charge in [-0.2, -0.15) is 4.98 Å². The van der Waals surface area contributed by atoms with Crippen molar-refractivity contribution in [1.82, 2.24) is 9.97 Å². The monoisotopic (exact) mass is 380 g/mol. The van der Waals surface area contributed by atoms with Gasteiger partial charge in [-0.3, -0.25) is 9.78 Å². The number of piperidine rings is 1. The fourth-order valence-corrected chi connectivity index (χ4v) is 5.18. The minimum atomic E-state index is -0.0776. The zero-order valence-corrected chi connectivity index (χ0v) is 16.5. The van der Waals surface area contributed by atoms with E-state index >= 15 is 0 Å². The van der Waals surface area contributed by atoms with Crippen LogP contribution in [0.2, 0.25) is 0 Å². The van der Waals surface area contributed by atoms with Crippen molar-refractivity contribution in [2.45, 2.75) is 32.4 Å². The van der Waals surface area contributed by atoms with Crippen LogP contribution in [0.25, 0.3) is 0 Å². The van der Waals surface area contributed by atoms with Gasteiger partial charge in [0.2, 0.25) is 5.95 Å². The number of nitrogens with zero attached hydrogens (tertiary/aromatic N) is 3. The Balaban J connectivity index is 1.43. The first-order chi connectivity index (χ1) is 13.6. The molecule has 1 aliphatic carbocycles. The Kier molecular flexibility index (Phi) is 4.38. The average Bonchev–Trinajstić information content (AvgIpc) is 3.16. The van der Waals surface area contributed by atoms with Crippen molar-refractivity contribution in [3.63, 3.8) is 0 Å². The molecule has 3 fully saturated rings. The molecule has 5 rings (SSSR count). The second-order valence-corrected chi connectivity index (χ2v) is 8.56. The Morgan fingerprint density at radius 2 is 2.04 bits per heavy atom. The number of H-pyrrole nitrogens is 1. The van der Waals surface area contributed by atoms with Crippen molar-refractivity contribution >= 4 is 11.8 Å². The molecule has 6 heteroatoms. The molecule has 3 aliphatic rings. The first kappa shape index (κ1) is 17.7. The fraction of sp³-hybridized carbons (Fsp3) is 0.545. The summed E-state index contributed by atoms with van der Waals surface area (Å²) in [5.74, 6) is 3.66. The molecule has 1 aromatic heterocycles. The molecule has 0 bridgehead atoms. The van der Waals surface area contributed by atoms with E-state index in [-0.39, 0.29) is 11.7 Å². The fourth-order valence-electron chi connectivity index (χ4n) is 5.18. The third-order valence-corrected chi connectivity index (χ3v) is 6.73. The van der Waals surface area contributed by atoms with Gasteiger partial charge < -0.3 is 14.5 Å². The molecule has 0 spiro atoms. The summed E-state index contributed by atoms with van der Waals surface area (Å²) in [6.45, 7) is 7.61. The molecule has 2 saturated heterocycles. The van der Waals surface area contributed by atoms with Gasteiger partial charge >= 0.3 is 0 Å². The molecule has 1 N–H and O–H groups in total. The Hall–Kier alpha value is -2.34. The Morgan fingerprint density at radius 3 is 2.82 bits per heavy atom. The number of fused-ring (bicyclic) bond motifs is 1. The largest absolute Gasteiger partial charge is 0.375 e. The van der Waals surface area contributed by atoms with Crippen molar-refractivity contribution in [2.24, 2.45) is 17.8 Å². The molecule has 148 valence electrons. The van der Waals surface area contributed by atoms with Crippen LogP contribution in [0.3, 0.4) is 0 Å². The van der Waals surface area contributed by atoms with E-state index in [4.69, 9.17) is 9.72 Å². The summed E-state index contributed by atoms with van der Waals surface area (Å²) in [5.41, 5.74) is 1.27. The number of morpholine rings is 1. The molecule has 2 aromatic rings. The predicted octanol–water partition coefficient (Wildman–Crippen LogP) is 2.31. The molecule has 28 heavy (non-hydrogen) atoms. The summed E-state index contributed by atoms with van der Waals surface area (Å²) >= 11 is 0. The lowest BCUT2D eigenvalue weighted by molar-refractivity contribution is 0.0529. The molecular weight excluding hydrogens is 352 g/mol. The highest BCUT2D eigenvalue weighted by Gasteiger charge is 2.59. The summed E-state index contributed by atoms with van der Waals surface area (Å²) in [7, 11) is 0. The summed E-state index contributed by atoms with van der Waals surface area (Å²) in [6, 6.07) is 12.7. The van der Waals surface area contributed by atoms with Gasteiger partial charge in [0.25, 0.3) is 5.56 Å². The van der Waals surface area contributed by atoms with Gasteiger partial charge in [-0.25, -0.2) is 0 Å². The topological polar surface area (TPSA) is 61.5 Å². The third-order valence-electron chi connectivity index (χ3n) is 6.73. The third kappa shape index (κ3) is 3.20. The van der Waals surface area contributed by atoms with Gasteiger partial charge in [-0.15, -0.1) is 0 Å². The van der Waals surface area contributed by atoms with Gasteiger partial charge in [-0.05, 0) is 36.7 Å². The molecule has 2 aliphatic heterocycles. The molecule has 1 aromatic carbocycles. The molecule has 0 amide bonds. The number of anilines is 2. The standard InChI is InChI=1S/C22H28N4O2/c1-14-12-25(8-9-28-14)19-11-20(27)24-22(23-19)26-13-17-15(2)21(17)18(26)10-16-6-4-3-5-7-16/h3-7,11,14-15,17-18,21H,8-10,12-13H2,1-2H3,(H,23,24,27)/t14-,15-,17?,18-,21?/m1/s1. The smallest absolute Gasteiger partial charge is 0.254 e. The van der Waals surface area contributed by atoms with Crippen molar-refractivity contribution in [3.8, 4) is 0 Å². The van der Waals surface area contributed by atoms with Crippen LogP contribution < -0.4 is 15.4 Å². The van der Waals surface area contributed by atoms with Crippen LogP contribution in [-0.2, 0) is 11.2 Å². The van der Waals surface area contributed by atoms with Crippen LogP contribution in [0, 0.1) is 17.8 Å². The quantitative estimate of drug-likeness (QED) is 0.882. The first-order valence-electron chi connectivity index (χ1n) is 10.4. The second-order valence-electron chi connectivity index (χ2n) is 8.56. The van der Waals surface area contributed by atoms with E-state index in [1.807, 2.05) is 0 Å². The molecule has 6 nitrogen and oxygen atoms in total. The van der Waals surface area contributed by atoms with E-state index < -0.39 is 0 Å². The van der Waals surface area contributed by atoms with E-state index in [2.05, 4.69) is 59.0 Å². The van der Waals surface area contributed by atoms with Gasteiger partial charge in [0.15, 0.2) is 0 Å². The van der Waals surface area contributed by atoms with Crippen LogP contribution in [0.5, 0.6) is 0 Å². The maximum absolute atomic E-state index is 12.4. The molecular formula is C22H28N4O2. The van der Waals surface area contributed by atoms with E-state index in [1.165, 1.54) is 5.56 Å². The van der Waals surface area contributed by atoms with Crippen molar-refractivity contribution < 1.29 is 4.74 Å². The lowest BCUT2D eigenvalue weighted by Gasteiger charge is -2.33. The van der Waals surface area contributed by atoms with E-state index in [1.54, 1.807) is 6.07 Å². The molecule has 2 unspecified atom stereocenters. The number of ether oxygens (including phenoxy) is 1. The Labute approximate surface area is 165 Å². The Bertz CT molecular complexity index is 899. The van der Waals surface area contributed by atoms with Gasteiger partial charge in [0, 0.05) is 31.7 Å². The minimum Gasteiger partial charge on any atom is -0.375 e. The van der Waals surface area contributed by atoms with Crippen molar-refractivity contribution in [3.05, 3.63) is 52.3 Å². The Morgan fingerprint density at radius 1 is 1.21 bits per heavy atom. The number of aromatic amines is 1. The summed E-state index contributed by atoms with van der Waals surface area (Å²) in [4.78, 5) is 24.8. The van der Waals surface area contributed by atoms with E-state index in [0.29, 0.717) is 24.5 Å². The van der Waals surface area contributed by atoms with Crippen LogP contribution >= 0.6 is 0 Å². The normalized spacial score (nSPS) is 31.7. The summed E-state index contributed by atoms with van der Waals surface area (Å²) < 4.78 is 5.64. The second kappa shape index (κ2) is 6.92.